The zero-order valence-electron chi connectivity index (χ0n) is 13.5. The van der Waals surface area contributed by atoms with Gasteiger partial charge in [0.05, 0.1) is 11.9 Å². The summed E-state index contributed by atoms with van der Waals surface area (Å²) in [6.07, 6.45) is 12.9. The summed E-state index contributed by atoms with van der Waals surface area (Å²) >= 11 is 0. The molecule has 1 heterocycles. The normalized spacial score (nSPS) is 10.6. The Morgan fingerprint density at radius 3 is 2.15 bits per heavy atom. The van der Waals surface area contributed by atoms with Crippen LogP contribution in [0.5, 0.6) is 0 Å². The lowest BCUT2D eigenvalue weighted by atomic mass is 10.1. The molecule has 1 N–H and O–H groups in total. The van der Waals surface area contributed by atoms with Crippen molar-refractivity contribution in [1.29, 1.82) is 0 Å². The summed E-state index contributed by atoms with van der Waals surface area (Å²) in [6, 6.07) is 4.16. The molecule has 1 aromatic heterocycles. The van der Waals surface area contributed by atoms with Gasteiger partial charge in [0, 0.05) is 20.6 Å². The van der Waals surface area contributed by atoms with Gasteiger partial charge >= 0.3 is 0 Å². The fourth-order valence-corrected chi connectivity index (χ4v) is 2.25. The summed E-state index contributed by atoms with van der Waals surface area (Å²) in [7, 11) is 4.02. The third-order valence-corrected chi connectivity index (χ3v) is 3.57. The van der Waals surface area contributed by atoms with E-state index in [1.165, 1.54) is 51.4 Å². The molecule has 1 aromatic rings. The molecule has 0 aromatic carbocycles. The maximum atomic E-state index is 4.40. The van der Waals surface area contributed by atoms with Crippen LogP contribution in [0.25, 0.3) is 0 Å². The molecule has 0 radical (unpaired) electrons. The molecule has 20 heavy (non-hydrogen) atoms. The van der Waals surface area contributed by atoms with Crippen molar-refractivity contribution in [3.63, 3.8) is 0 Å². The second-order valence-corrected chi connectivity index (χ2v) is 5.70. The number of hydrogen-bond donors (Lipinski definition) is 1. The van der Waals surface area contributed by atoms with Crippen molar-refractivity contribution < 1.29 is 0 Å². The van der Waals surface area contributed by atoms with E-state index >= 15 is 0 Å². The second-order valence-electron chi connectivity index (χ2n) is 5.70. The van der Waals surface area contributed by atoms with E-state index in [0.29, 0.717) is 0 Å². The van der Waals surface area contributed by atoms with E-state index in [1.54, 1.807) is 0 Å². The molecule has 0 fully saturated rings. The van der Waals surface area contributed by atoms with Gasteiger partial charge in [-0.2, -0.15) is 0 Å². The van der Waals surface area contributed by atoms with Gasteiger partial charge in [-0.25, -0.2) is 4.98 Å². The number of rotatable bonds is 11. The molecule has 0 aliphatic rings. The Morgan fingerprint density at radius 2 is 1.60 bits per heavy atom. The molecule has 0 aliphatic carbocycles. The number of nitrogens with one attached hydrogen (secondary N) is 1. The highest BCUT2D eigenvalue weighted by Gasteiger charge is 1.97. The highest BCUT2D eigenvalue weighted by molar-refractivity contribution is 5.47. The van der Waals surface area contributed by atoms with E-state index in [4.69, 9.17) is 0 Å². The summed E-state index contributed by atoms with van der Waals surface area (Å²) < 4.78 is 0. The minimum Gasteiger partial charge on any atom is -0.384 e. The Bertz CT molecular complexity index is 333. The molecule has 0 unspecified atom stereocenters. The Balaban J connectivity index is 2.01. The molecule has 1 rings (SSSR count). The van der Waals surface area contributed by atoms with Crippen molar-refractivity contribution in [3.05, 3.63) is 18.3 Å². The van der Waals surface area contributed by atoms with Crippen molar-refractivity contribution in [2.75, 3.05) is 30.9 Å². The molecule has 0 atom stereocenters. The van der Waals surface area contributed by atoms with E-state index in [2.05, 4.69) is 29.4 Å². The van der Waals surface area contributed by atoms with Gasteiger partial charge in [-0.3, -0.25) is 0 Å². The van der Waals surface area contributed by atoms with Crippen LogP contribution in [-0.4, -0.2) is 25.6 Å². The lowest BCUT2D eigenvalue weighted by molar-refractivity contribution is 0.581. The van der Waals surface area contributed by atoms with Crippen LogP contribution in [0.1, 0.15) is 58.3 Å². The average molecular weight is 277 g/mol. The molecule has 0 spiro atoms. The summed E-state index contributed by atoms with van der Waals surface area (Å²) in [5.41, 5.74) is 1.12. The van der Waals surface area contributed by atoms with Crippen LogP contribution in [0.4, 0.5) is 11.5 Å². The number of unbranched alkanes of at least 4 members (excludes halogenated alkanes) is 7. The van der Waals surface area contributed by atoms with Crippen LogP contribution in [-0.2, 0) is 0 Å². The largest absolute Gasteiger partial charge is 0.384 e. The maximum Gasteiger partial charge on any atom is 0.128 e. The summed E-state index contributed by atoms with van der Waals surface area (Å²) in [4.78, 5) is 6.41. The van der Waals surface area contributed by atoms with Crippen molar-refractivity contribution in [2.45, 2.75) is 58.3 Å². The Labute approximate surface area is 124 Å². The van der Waals surface area contributed by atoms with Crippen molar-refractivity contribution >= 4 is 11.5 Å². The smallest absolute Gasteiger partial charge is 0.128 e. The molecule has 0 saturated carbocycles. The molecule has 0 aliphatic heterocycles. The van der Waals surface area contributed by atoms with E-state index in [9.17, 15) is 0 Å². The standard InChI is InChI=1S/C17H31N3/c1-4-5-6-7-8-9-10-11-14-18-16-12-13-17(19-15-16)20(2)3/h12-13,15,18H,4-11,14H2,1-3H3. The molecule has 0 amide bonds. The third-order valence-electron chi connectivity index (χ3n) is 3.57. The number of anilines is 2. The first-order valence-corrected chi connectivity index (χ1v) is 8.11. The Morgan fingerprint density at radius 1 is 0.950 bits per heavy atom. The zero-order valence-corrected chi connectivity index (χ0v) is 13.5. The van der Waals surface area contributed by atoms with Crippen LogP contribution >= 0.6 is 0 Å². The van der Waals surface area contributed by atoms with Gasteiger partial charge in [0.1, 0.15) is 5.82 Å². The Hall–Kier alpha value is -1.25. The second kappa shape index (κ2) is 10.5. The summed E-state index contributed by atoms with van der Waals surface area (Å²) in [5, 5.41) is 3.44. The van der Waals surface area contributed by atoms with E-state index in [-0.39, 0.29) is 0 Å². The predicted octanol–water partition coefficient (Wildman–Crippen LogP) is 4.70. The lowest BCUT2D eigenvalue weighted by Gasteiger charge is -2.12. The topological polar surface area (TPSA) is 28.2 Å². The van der Waals surface area contributed by atoms with Gasteiger partial charge in [0.25, 0.3) is 0 Å². The molecule has 3 heteroatoms. The summed E-state index contributed by atoms with van der Waals surface area (Å²) in [5.74, 6) is 1.00. The summed E-state index contributed by atoms with van der Waals surface area (Å²) in [6.45, 7) is 3.32. The van der Waals surface area contributed by atoms with Crippen molar-refractivity contribution in [3.8, 4) is 0 Å². The first-order valence-electron chi connectivity index (χ1n) is 8.11. The van der Waals surface area contributed by atoms with Gasteiger partial charge in [-0.05, 0) is 18.6 Å². The third kappa shape index (κ3) is 7.37. The lowest BCUT2D eigenvalue weighted by Crippen LogP contribution is -2.10. The molecule has 114 valence electrons. The predicted molar refractivity (Wildman–Crippen MR) is 89.7 cm³/mol. The minimum atomic E-state index is 1.00. The van der Waals surface area contributed by atoms with Crippen molar-refractivity contribution in [2.24, 2.45) is 0 Å². The minimum absolute atomic E-state index is 1.00. The van der Waals surface area contributed by atoms with Gasteiger partial charge < -0.3 is 10.2 Å². The number of nitrogens with zero attached hydrogens (tertiary/aromatic N) is 2. The monoisotopic (exact) mass is 277 g/mol. The van der Waals surface area contributed by atoms with Gasteiger partial charge in [-0.15, -0.1) is 0 Å². The zero-order chi connectivity index (χ0) is 14.6. The molecular weight excluding hydrogens is 246 g/mol. The molecule has 3 nitrogen and oxygen atoms in total. The van der Waals surface area contributed by atoms with Gasteiger partial charge in [0.15, 0.2) is 0 Å². The van der Waals surface area contributed by atoms with Gasteiger partial charge in [-0.1, -0.05) is 51.9 Å². The number of hydrogen-bond acceptors (Lipinski definition) is 3. The van der Waals surface area contributed by atoms with Crippen LogP contribution in [0.15, 0.2) is 18.3 Å². The first kappa shape index (κ1) is 16.8. The van der Waals surface area contributed by atoms with Crippen LogP contribution in [0.3, 0.4) is 0 Å². The fraction of sp³-hybridized carbons (Fsp3) is 0.706. The molecular formula is C17H31N3. The number of aromatic nitrogens is 1. The number of pyridine rings is 1. The highest BCUT2D eigenvalue weighted by Crippen LogP contribution is 2.12. The Kier molecular flexibility index (Phi) is 8.84. The van der Waals surface area contributed by atoms with Crippen molar-refractivity contribution in [1.82, 2.24) is 4.98 Å². The first-order chi connectivity index (χ1) is 9.74. The average Bonchev–Trinajstić information content (AvgIpc) is 2.46. The molecule has 0 saturated heterocycles. The quantitative estimate of drug-likeness (QED) is 0.594. The maximum absolute atomic E-state index is 4.40. The van der Waals surface area contributed by atoms with Crippen LogP contribution in [0.2, 0.25) is 0 Å². The van der Waals surface area contributed by atoms with Crippen LogP contribution < -0.4 is 10.2 Å². The van der Waals surface area contributed by atoms with E-state index in [0.717, 1.165) is 18.1 Å². The SMILES string of the molecule is CCCCCCCCCCNc1ccc(N(C)C)nc1. The van der Waals surface area contributed by atoms with Crippen LogP contribution in [0, 0.1) is 0 Å². The van der Waals surface area contributed by atoms with Gasteiger partial charge in [0.2, 0.25) is 0 Å². The van der Waals surface area contributed by atoms with E-state index < -0.39 is 0 Å². The highest BCUT2D eigenvalue weighted by atomic mass is 15.1. The fourth-order valence-electron chi connectivity index (χ4n) is 2.25. The van der Waals surface area contributed by atoms with E-state index in [1.807, 2.05) is 25.2 Å². The molecule has 0 bridgehead atoms.